The lowest BCUT2D eigenvalue weighted by atomic mass is 10.2. The molecule has 0 unspecified atom stereocenters. The van der Waals surface area contributed by atoms with Gasteiger partial charge >= 0.3 is 5.91 Å². The Hall–Kier alpha value is -3.44. The average Bonchev–Trinajstić information content (AvgIpc) is 3.35. The van der Waals surface area contributed by atoms with Crippen LogP contribution in [0.15, 0.2) is 35.9 Å². The number of nitrogens with zero attached hydrogens (tertiary/aromatic N) is 2. The monoisotopic (exact) mass is 486 g/mol. The van der Waals surface area contributed by atoms with Gasteiger partial charge < -0.3 is 24.4 Å². The maximum absolute atomic E-state index is 12.8. The molecular weight excluding hydrogens is 458 g/mol. The number of nitrogens with two attached hydrogens (primary N) is 1. The van der Waals surface area contributed by atoms with Gasteiger partial charge in [0.15, 0.2) is 0 Å². The van der Waals surface area contributed by atoms with E-state index in [1.807, 2.05) is 0 Å². The summed E-state index contributed by atoms with van der Waals surface area (Å²) in [5.74, 6) is 0.482. The zero-order valence-corrected chi connectivity index (χ0v) is 19.9. The van der Waals surface area contributed by atoms with Gasteiger partial charge in [-0.3, -0.25) is 10.2 Å². The van der Waals surface area contributed by atoms with E-state index in [9.17, 15) is 9.59 Å². The first kappa shape index (κ1) is 23.7. The molecule has 10 nitrogen and oxygen atoms in total. The Balaban J connectivity index is 1.54. The maximum Gasteiger partial charge on any atom is 0.339 e. The summed E-state index contributed by atoms with van der Waals surface area (Å²) in [4.78, 5) is 31.3. The van der Waals surface area contributed by atoms with Crippen LogP contribution in [-0.2, 0) is 4.74 Å². The van der Waals surface area contributed by atoms with E-state index in [1.54, 1.807) is 54.9 Å². The molecule has 2 fully saturated rings. The molecule has 2 aromatic rings. The largest absolute Gasteiger partial charge is 0.485 e. The molecule has 1 aliphatic heterocycles. The van der Waals surface area contributed by atoms with Crippen LogP contribution in [-0.4, -0.2) is 67.0 Å². The third-order valence-electron chi connectivity index (χ3n) is 5.43. The topological polar surface area (TPSA) is 128 Å². The fourth-order valence-electron chi connectivity index (χ4n) is 3.35. The Morgan fingerprint density at radius 2 is 2.03 bits per heavy atom. The summed E-state index contributed by atoms with van der Waals surface area (Å²) in [6.07, 6.45) is 5.87. The smallest absolute Gasteiger partial charge is 0.339 e. The Labute approximate surface area is 201 Å². The lowest BCUT2D eigenvalue weighted by molar-refractivity contribution is -0.115. The minimum Gasteiger partial charge on any atom is -0.485 e. The molecule has 0 spiro atoms. The van der Waals surface area contributed by atoms with Crippen molar-refractivity contribution in [2.75, 3.05) is 33.9 Å². The summed E-state index contributed by atoms with van der Waals surface area (Å²) >= 11 is 1.22. The number of carbonyl (C=O) groups excluding carboxylic acids is 2. The fourth-order valence-corrected chi connectivity index (χ4v) is 4.01. The summed E-state index contributed by atoms with van der Waals surface area (Å²) in [7, 11) is 3.35. The Kier molecular flexibility index (Phi) is 7.13. The number of carbonyl (C=O) groups is 2. The van der Waals surface area contributed by atoms with Crippen molar-refractivity contribution in [3.63, 3.8) is 0 Å². The van der Waals surface area contributed by atoms with Crippen LogP contribution in [0.4, 0.5) is 0 Å². The minimum atomic E-state index is -0.419. The Morgan fingerprint density at radius 1 is 1.26 bits per heavy atom. The molecule has 0 radical (unpaired) electrons. The second kappa shape index (κ2) is 10.2. The lowest BCUT2D eigenvalue weighted by Crippen LogP contribution is -2.49. The lowest BCUT2D eigenvalue weighted by Gasteiger charge is -2.29. The highest BCUT2D eigenvalue weighted by molar-refractivity contribution is 7.11. The molecule has 34 heavy (non-hydrogen) atoms. The number of ether oxygens (including phenoxy) is 3. The SMILES string of the molecule is CN/C=C\C(=[NH2+])NC(=O)c1cc(Oc2nc(C(=O)N3CCC3)cs2)cc(OC2(COC)CC2)c1. The van der Waals surface area contributed by atoms with Crippen molar-refractivity contribution in [2.45, 2.75) is 24.9 Å². The minimum absolute atomic E-state index is 0.106. The molecule has 1 aromatic carbocycles. The van der Waals surface area contributed by atoms with Gasteiger partial charge in [-0.05, 0) is 31.4 Å². The molecule has 2 aliphatic rings. The van der Waals surface area contributed by atoms with Gasteiger partial charge in [-0.25, -0.2) is 10.1 Å². The summed E-state index contributed by atoms with van der Waals surface area (Å²) in [5.41, 5.74) is 0.246. The van der Waals surface area contributed by atoms with Crippen LogP contribution in [0.2, 0.25) is 0 Å². The molecule has 0 bridgehead atoms. The van der Waals surface area contributed by atoms with E-state index in [4.69, 9.17) is 19.6 Å². The number of aromatic nitrogens is 1. The van der Waals surface area contributed by atoms with Gasteiger partial charge in [-0.1, -0.05) is 11.3 Å². The predicted molar refractivity (Wildman–Crippen MR) is 126 cm³/mol. The molecule has 2 amide bonds. The van der Waals surface area contributed by atoms with E-state index in [1.165, 1.54) is 11.3 Å². The number of nitrogens with one attached hydrogen (secondary N) is 2. The third-order valence-corrected chi connectivity index (χ3v) is 6.15. The normalized spacial score (nSPS) is 16.0. The van der Waals surface area contributed by atoms with Gasteiger partial charge in [-0.2, -0.15) is 4.98 Å². The number of amidine groups is 1. The number of thiazole rings is 1. The van der Waals surface area contributed by atoms with E-state index < -0.39 is 11.5 Å². The van der Waals surface area contributed by atoms with Crippen LogP contribution in [0, 0.1) is 0 Å². The second-order valence-electron chi connectivity index (χ2n) is 8.19. The molecular formula is C23H28N5O5S+. The number of benzene rings is 1. The van der Waals surface area contributed by atoms with Crippen LogP contribution in [0.1, 0.15) is 40.1 Å². The zero-order valence-electron chi connectivity index (χ0n) is 19.1. The molecule has 11 heteroatoms. The molecule has 180 valence electrons. The van der Waals surface area contributed by atoms with Crippen molar-refractivity contribution in [1.29, 1.82) is 0 Å². The summed E-state index contributed by atoms with van der Waals surface area (Å²) in [6.45, 7) is 1.94. The van der Waals surface area contributed by atoms with E-state index >= 15 is 0 Å². The van der Waals surface area contributed by atoms with E-state index in [-0.39, 0.29) is 11.7 Å². The van der Waals surface area contributed by atoms with Crippen LogP contribution in [0.25, 0.3) is 0 Å². The molecule has 4 N–H and O–H groups in total. The quantitative estimate of drug-likeness (QED) is 0.337. The van der Waals surface area contributed by atoms with E-state index in [0.717, 1.165) is 32.4 Å². The first-order valence-corrected chi connectivity index (χ1v) is 11.8. The van der Waals surface area contributed by atoms with Crippen molar-refractivity contribution in [2.24, 2.45) is 0 Å². The molecule has 1 saturated carbocycles. The summed E-state index contributed by atoms with van der Waals surface area (Å²) < 4.78 is 17.4. The van der Waals surface area contributed by atoms with Crippen LogP contribution in [0.3, 0.4) is 0 Å². The first-order valence-electron chi connectivity index (χ1n) is 10.9. The Bertz CT molecular complexity index is 1110. The van der Waals surface area contributed by atoms with Gasteiger partial charge in [0.25, 0.3) is 16.9 Å². The highest BCUT2D eigenvalue weighted by Crippen LogP contribution is 2.41. The van der Waals surface area contributed by atoms with E-state index in [2.05, 4.69) is 15.6 Å². The summed E-state index contributed by atoms with van der Waals surface area (Å²) in [6, 6.07) is 4.90. The van der Waals surface area contributed by atoms with Crippen molar-refractivity contribution < 1.29 is 29.2 Å². The van der Waals surface area contributed by atoms with Crippen molar-refractivity contribution in [3.05, 3.63) is 47.1 Å². The van der Waals surface area contributed by atoms with Gasteiger partial charge in [0.05, 0.1) is 12.2 Å². The van der Waals surface area contributed by atoms with Gasteiger partial charge in [0, 0.05) is 51.0 Å². The van der Waals surface area contributed by atoms with Crippen LogP contribution >= 0.6 is 11.3 Å². The van der Waals surface area contributed by atoms with Gasteiger partial charge in [-0.15, -0.1) is 0 Å². The van der Waals surface area contributed by atoms with E-state index in [0.29, 0.717) is 34.6 Å². The summed E-state index contributed by atoms with van der Waals surface area (Å²) in [5, 5.41) is 13.3. The maximum atomic E-state index is 12.8. The number of methoxy groups -OCH3 is 1. The molecule has 2 heterocycles. The molecule has 1 aromatic heterocycles. The third kappa shape index (κ3) is 5.72. The first-order chi connectivity index (χ1) is 16.4. The molecule has 1 aliphatic carbocycles. The average molecular weight is 487 g/mol. The van der Waals surface area contributed by atoms with Crippen molar-refractivity contribution in [3.8, 4) is 16.7 Å². The zero-order chi connectivity index (χ0) is 24.1. The fraction of sp³-hybridized carbons (Fsp3) is 0.391. The predicted octanol–water partition coefficient (Wildman–Crippen LogP) is 0.960. The number of hydrogen-bond donors (Lipinski definition) is 3. The number of hydrogen-bond acceptors (Lipinski definition) is 8. The highest BCUT2D eigenvalue weighted by atomic mass is 32.1. The van der Waals surface area contributed by atoms with Gasteiger partial charge in [0.1, 0.15) is 22.8 Å². The Morgan fingerprint density at radius 3 is 2.68 bits per heavy atom. The number of rotatable bonds is 10. The standard InChI is InChI=1S/C23H27N5O5S/c1-25-7-4-19(24)27-20(29)15-10-16(12-17(11-15)33-23(5-6-23)14-31-2)32-22-26-18(13-34-22)21(30)28-8-3-9-28/h4,7,10-13,25H,3,5-6,8-9,14H2,1-2H3,(H2,24,27,29)/p+1/b7-4-. The van der Waals surface area contributed by atoms with Gasteiger partial charge in [0.2, 0.25) is 0 Å². The van der Waals surface area contributed by atoms with Crippen LogP contribution < -0.4 is 25.5 Å². The highest BCUT2D eigenvalue weighted by Gasteiger charge is 2.46. The molecule has 1 saturated heterocycles. The molecule has 4 rings (SSSR count). The number of likely N-dealkylation sites (tertiary alicyclic amines) is 1. The van der Waals surface area contributed by atoms with Crippen molar-refractivity contribution >= 4 is 29.0 Å². The number of amides is 2. The molecule has 0 atom stereocenters. The second-order valence-corrected chi connectivity index (χ2v) is 9.01. The van der Waals surface area contributed by atoms with Crippen molar-refractivity contribution in [1.82, 2.24) is 20.5 Å². The van der Waals surface area contributed by atoms with Crippen LogP contribution in [0.5, 0.6) is 16.7 Å².